The van der Waals surface area contributed by atoms with Crippen molar-refractivity contribution in [2.24, 2.45) is 0 Å². The van der Waals surface area contributed by atoms with Gasteiger partial charge in [0, 0.05) is 5.41 Å². The molecule has 4 aliphatic rings. The second-order valence-electron chi connectivity index (χ2n) is 16.3. The van der Waals surface area contributed by atoms with Gasteiger partial charge in [-0.1, -0.05) is 26.0 Å². The summed E-state index contributed by atoms with van der Waals surface area (Å²) in [5.41, 5.74) is 4.52. The Kier molecular flexibility index (Phi) is 15.3. The van der Waals surface area contributed by atoms with Gasteiger partial charge in [0.15, 0.2) is 0 Å². The van der Waals surface area contributed by atoms with Crippen molar-refractivity contribution in [2.75, 3.05) is 26.4 Å². The standard InChI is InChI=1S/C35H64O12Si8/c1-35(2,29-17-27(19-31(21-29)36-23-33-25-38-33)13-11-15-54(9)44-50(5)40-48(3)41-51(6)45-54)30-18-28(20-32(22-30)37-24-34-26-39-34)14-12-16-55(10)46-52(7)42-49(4)43-53(8)47-55/h17-22,33-34,48-53H,11-16,23-26H2,1-10H3. The van der Waals surface area contributed by atoms with Crippen LogP contribution in [0.4, 0.5) is 0 Å². The maximum absolute atomic E-state index is 6.59. The topological polar surface area (TPSA) is 117 Å². The summed E-state index contributed by atoms with van der Waals surface area (Å²) < 4.78 is 74.7. The van der Waals surface area contributed by atoms with Gasteiger partial charge < -0.3 is 51.9 Å². The van der Waals surface area contributed by atoms with Crippen molar-refractivity contribution in [1.29, 1.82) is 0 Å². The van der Waals surface area contributed by atoms with Crippen LogP contribution in [-0.4, -0.2) is 111 Å². The molecule has 0 aliphatic carbocycles. The minimum atomic E-state index is -2.43. The lowest BCUT2D eigenvalue weighted by Gasteiger charge is -2.37. The highest BCUT2D eigenvalue weighted by molar-refractivity contribution is 6.82. The van der Waals surface area contributed by atoms with Crippen molar-refractivity contribution in [3.05, 3.63) is 58.7 Å². The molecule has 0 spiro atoms. The number of epoxide rings is 2. The van der Waals surface area contributed by atoms with E-state index in [1.165, 1.54) is 22.3 Å². The molecule has 308 valence electrons. The maximum atomic E-state index is 6.59. The molecule has 4 aliphatic heterocycles. The zero-order valence-electron chi connectivity index (χ0n) is 34.6. The van der Waals surface area contributed by atoms with Gasteiger partial charge in [0.25, 0.3) is 55.7 Å². The Labute approximate surface area is 341 Å². The number of benzene rings is 2. The van der Waals surface area contributed by atoms with Gasteiger partial charge in [0.1, 0.15) is 36.9 Å². The average Bonchev–Trinajstić information content (AvgIpc) is 4.00. The van der Waals surface area contributed by atoms with Crippen molar-refractivity contribution >= 4 is 72.8 Å². The van der Waals surface area contributed by atoms with Crippen molar-refractivity contribution in [3.8, 4) is 11.5 Å². The van der Waals surface area contributed by atoms with Gasteiger partial charge in [0.2, 0.25) is 0 Å². The highest BCUT2D eigenvalue weighted by Gasteiger charge is 2.40. The Morgan fingerprint density at radius 3 is 1.24 bits per heavy atom. The monoisotopic (exact) mass is 900 g/mol. The zero-order chi connectivity index (χ0) is 39.4. The third-order valence-corrected chi connectivity index (χ3v) is 38.5. The lowest BCUT2D eigenvalue weighted by atomic mass is 9.76. The summed E-state index contributed by atoms with van der Waals surface area (Å²) in [4.78, 5) is 0. The van der Waals surface area contributed by atoms with Crippen LogP contribution in [0.3, 0.4) is 0 Å². The molecular weight excluding hydrogens is 837 g/mol. The van der Waals surface area contributed by atoms with Gasteiger partial charge in [-0.05, 0) is 137 Å². The van der Waals surface area contributed by atoms with Gasteiger partial charge >= 0.3 is 17.1 Å². The lowest BCUT2D eigenvalue weighted by molar-refractivity contribution is 0.262. The average molecular weight is 902 g/mol. The first-order chi connectivity index (χ1) is 26.0. The van der Waals surface area contributed by atoms with Crippen LogP contribution in [0, 0.1) is 0 Å². The van der Waals surface area contributed by atoms with E-state index in [0.29, 0.717) is 13.2 Å². The maximum Gasteiger partial charge on any atom is 0.317 e. The Bertz CT molecular complexity index is 1430. The van der Waals surface area contributed by atoms with E-state index in [1.807, 2.05) is 0 Å². The van der Waals surface area contributed by atoms with Gasteiger partial charge in [-0.15, -0.1) is 0 Å². The summed E-state index contributed by atoms with van der Waals surface area (Å²) in [5, 5.41) is 0. The Hall–Kier alpha value is -0.625. The normalized spacial score (nSPS) is 34.2. The van der Waals surface area contributed by atoms with Crippen LogP contribution in [0.5, 0.6) is 11.5 Å². The van der Waals surface area contributed by atoms with Crippen molar-refractivity contribution in [2.45, 2.75) is 122 Å². The van der Waals surface area contributed by atoms with E-state index in [9.17, 15) is 0 Å². The molecule has 0 radical (unpaired) electrons. The number of hydrogen-bond acceptors (Lipinski definition) is 12. The van der Waals surface area contributed by atoms with Crippen LogP contribution in [0.2, 0.25) is 64.5 Å². The SMILES string of the molecule is C[SiH]1O[SiH](C)O[Si](C)(CCCc2cc(OCC3CO3)cc(C(C)(C)c3cc(CCC[Si]4(C)O[SiH](C)O[SiH](C)O[SiH](C)O4)cc(OCC4CO4)c3)c2)O[SiH](C)O1. The van der Waals surface area contributed by atoms with Crippen LogP contribution in [0.1, 0.15) is 48.9 Å². The second kappa shape index (κ2) is 19.2. The molecular formula is C35H64O12Si8. The van der Waals surface area contributed by atoms with Gasteiger partial charge in [0.05, 0.1) is 13.2 Å². The minimum Gasteiger partial charge on any atom is -0.491 e. The highest BCUT2D eigenvalue weighted by atomic mass is 28.5. The quantitative estimate of drug-likeness (QED) is 0.170. The number of hydrogen-bond donors (Lipinski definition) is 0. The molecule has 4 fully saturated rings. The third-order valence-electron chi connectivity index (χ3n) is 10.4. The lowest BCUT2D eigenvalue weighted by Crippen LogP contribution is -2.53. The van der Waals surface area contributed by atoms with Crippen molar-refractivity contribution in [1.82, 2.24) is 0 Å². The van der Waals surface area contributed by atoms with Crippen molar-refractivity contribution in [3.63, 3.8) is 0 Å². The van der Waals surface area contributed by atoms with E-state index in [1.54, 1.807) is 0 Å². The smallest absolute Gasteiger partial charge is 0.317 e. The first kappa shape index (κ1) is 43.9. The van der Waals surface area contributed by atoms with E-state index < -0.39 is 72.8 Å². The predicted octanol–water partition coefficient (Wildman–Crippen LogP) is 4.84. The molecule has 6 rings (SSSR count). The molecule has 20 heteroatoms. The number of rotatable bonds is 16. The third kappa shape index (κ3) is 13.7. The highest BCUT2D eigenvalue weighted by Crippen LogP contribution is 2.38. The van der Waals surface area contributed by atoms with E-state index in [2.05, 4.69) is 103 Å². The molecule has 4 saturated heterocycles. The fourth-order valence-electron chi connectivity index (χ4n) is 7.55. The first-order valence-electron chi connectivity index (χ1n) is 20.2. The fourth-order valence-corrected chi connectivity index (χ4v) is 36.9. The van der Waals surface area contributed by atoms with Crippen LogP contribution < -0.4 is 9.47 Å². The molecule has 12 nitrogen and oxygen atoms in total. The van der Waals surface area contributed by atoms with Crippen LogP contribution in [0.15, 0.2) is 36.4 Å². The molecule has 0 N–H and O–H groups in total. The molecule has 6 atom stereocenters. The Morgan fingerprint density at radius 2 is 0.909 bits per heavy atom. The van der Waals surface area contributed by atoms with Crippen LogP contribution in [-0.2, 0) is 60.7 Å². The van der Waals surface area contributed by atoms with Crippen molar-refractivity contribution < 1.29 is 51.9 Å². The minimum absolute atomic E-state index is 0.171. The zero-order valence-corrected chi connectivity index (χ0v) is 43.5. The van der Waals surface area contributed by atoms with Gasteiger partial charge in [-0.3, -0.25) is 0 Å². The summed E-state index contributed by atoms with van der Waals surface area (Å²) in [6, 6.07) is 15.3. The van der Waals surface area contributed by atoms with E-state index in [-0.39, 0.29) is 17.6 Å². The summed E-state index contributed by atoms with van der Waals surface area (Å²) >= 11 is 0. The predicted molar refractivity (Wildman–Crippen MR) is 232 cm³/mol. The number of aryl methyl sites for hydroxylation is 2. The van der Waals surface area contributed by atoms with E-state index in [4.69, 9.17) is 51.9 Å². The Balaban J connectivity index is 1.20. The molecule has 55 heavy (non-hydrogen) atoms. The molecule has 2 aromatic rings. The Morgan fingerprint density at radius 1 is 0.564 bits per heavy atom. The van der Waals surface area contributed by atoms with Gasteiger partial charge in [-0.2, -0.15) is 0 Å². The van der Waals surface area contributed by atoms with E-state index >= 15 is 0 Å². The molecule has 0 bridgehead atoms. The summed E-state index contributed by atoms with van der Waals surface area (Å²) in [5.74, 6) is 1.74. The molecule has 0 saturated carbocycles. The van der Waals surface area contributed by atoms with Crippen LogP contribution in [0.25, 0.3) is 0 Å². The van der Waals surface area contributed by atoms with E-state index in [0.717, 1.165) is 62.5 Å². The number of ether oxygens (including phenoxy) is 4. The molecule has 4 heterocycles. The molecule has 6 unspecified atom stereocenters. The van der Waals surface area contributed by atoms with Crippen LogP contribution >= 0.6 is 0 Å². The van der Waals surface area contributed by atoms with Gasteiger partial charge in [-0.25, -0.2) is 0 Å². The summed E-state index contributed by atoms with van der Waals surface area (Å²) in [6.45, 7) is 24.1. The summed E-state index contributed by atoms with van der Waals surface area (Å²) in [7, 11) is -15.4. The fraction of sp³-hybridized carbons (Fsp3) is 0.657. The molecule has 0 amide bonds. The molecule has 2 aromatic carbocycles. The largest absolute Gasteiger partial charge is 0.491 e. The molecule has 0 aromatic heterocycles. The second-order valence-corrected chi connectivity index (χ2v) is 36.8. The first-order valence-corrected chi connectivity index (χ1v) is 37.8. The summed E-state index contributed by atoms with van der Waals surface area (Å²) in [6.07, 6.45) is 4.00.